The molecule has 2 aliphatic rings. The van der Waals surface area contributed by atoms with Gasteiger partial charge >= 0.3 is 0 Å². The lowest BCUT2D eigenvalue weighted by molar-refractivity contribution is -0.148. The number of fused-ring (bicyclic) bond motifs is 2. The van der Waals surface area contributed by atoms with Crippen molar-refractivity contribution in [3.63, 3.8) is 0 Å². The van der Waals surface area contributed by atoms with Gasteiger partial charge in [-0.3, -0.25) is 4.79 Å². The number of hydrogen-bond donors (Lipinski definition) is 2. The van der Waals surface area contributed by atoms with E-state index in [-0.39, 0.29) is 23.0 Å². The lowest BCUT2D eigenvalue weighted by atomic mass is 9.94. The van der Waals surface area contributed by atoms with E-state index < -0.39 is 33.5 Å². The number of amides is 1. The zero-order chi connectivity index (χ0) is 26.0. The molecule has 0 aliphatic carbocycles. The molecule has 2 bridgehead atoms. The monoisotopic (exact) mass is 509 g/mol. The summed E-state index contributed by atoms with van der Waals surface area (Å²) in [7, 11) is -3.04. The molecule has 3 rings (SSSR count). The molecule has 0 saturated carbocycles. The normalized spacial score (nSPS) is 24.0. The minimum absolute atomic E-state index is 0.114. The van der Waals surface area contributed by atoms with E-state index >= 15 is 8.78 Å². The number of carbonyl (C=O) groups excluding carboxylic acids is 1. The van der Waals surface area contributed by atoms with E-state index in [1.54, 1.807) is 19.1 Å². The number of piperidine rings is 1. The van der Waals surface area contributed by atoms with Gasteiger partial charge in [-0.1, -0.05) is 18.7 Å². The number of nitrogens with zero attached hydrogens (tertiary/aromatic N) is 1. The van der Waals surface area contributed by atoms with E-state index in [9.17, 15) is 13.2 Å². The van der Waals surface area contributed by atoms with Gasteiger partial charge < -0.3 is 15.4 Å². The summed E-state index contributed by atoms with van der Waals surface area (Å²) in [6, 6.07) is 1.91. The number of sulfonamides is 1. The quantitative estimate of drug-likeness (QED) is 0.496. The van der Waals surface area contributed by atoms with Crippen molar-refractivity contribution in [2.45, 2.75) is 69.6 Å². The van der Waals surface area contributed by atoms with Crippen LogP contribution in [0.1, 0.15) is 45.1 Å². The van der Waals surface area contributed by atoms with Crippen LogP contribution in [0.25, 0.3) is 0 Å². The molecule has 10 heteroatoms. The summed E-state index contributed by atoms with van der Waals surface area (Å²) < 4.78 is 65.0. The number of nitrogens with one attached hydrogen (secondary N) is 1. The molecule has 3 N–H and O–H groups in total. The summed E-state index contributed by atoms with van der Waals surface area (Å²) in [6.07, 6.45) is 6.82. The first kappa shape index (κ1) is 27.0. The Morgan fingerprint density at radius 3 is 2.34 bits per heavy atom. The van der Waals surface area contributed by atoms with Gasteiger partial charge in [-0.05, 0) is 75.4 Å². The minimum Gasteiger partial charge on any atom is -0.497 e. The van der Waals surface area contributed by atoms with Crippen molar-refractivity contribution in [3.8, 4) is 5.75 Å². The Hall–Kier alpha value is -2.56. The molecule has 35 heavy (non-hydrogen) atoms. The number of carbonyl (C=O) groups is 1. The van der Waals surface area contributed by atoms with Crippen LogP contribution < -0.4 is 15.2 Å². The predicted octanol–water partition coefficient (Wildman–Crippen LogP) is 3.59. The highest BCUT2D eigenvalue weighted by Crippen LogP contribution is 2.40. The Kier molecular flexibility index (Phi) is 8.18. The van der Waals surface area contributed by atoms with Crippen LogP contribution in [0, 0.1) is 0 Å². The third kappa shape index (κ3) is 5.82. The van der Waals surface area contributed by atoms with Crippen molar-refractivity contribution in [3.05, 3.63) is 65.1 Å². The summed E-state index contributed by atoms with van der Waals surface area (Å²) in [5.41, 5.74) is 5.96. The third-order valence-electron chi connectivity index (χ3n) is 6.57. The summed E-state index contributed by atoms with van der Waals surface area (Å²) in [6.45, 7) is 6.74. The Bertz CT molecular complexity index is 1100. The van der Waals surface area contributed by atoms with Gasteiger partial charge in [-0.2, -0.15) is 13.5 Å². The van der Waals surface area contributed by atoms with Crippen molar-refractivity contribution in [2.75, 3.05) is 7.11 Å². The molecular weight excluding hydrogens is 476 g/mol. The van der Waals surface area contributed by atoms with E-state index in [4.69, 9.17) is 10.5 Å². The zero-order valence-electron chi connectivity index (χ0n) is 20.2. The fourth-order valence-electron chi connectivity index (χ4n) is 4.84. The summed E-state index contributed by atoms with van der Waals surface area (Å²) in [5, 5.41) is 0. The highest BCUT2D eigenvalue weighted by Gasteiger charge is 2.53. The molecule has 3 atom stereocenters. The van der Waals surface area contributed by atoms with Gasteiger partial charge in [0.15, 0.2) is 6.04 Å². The molecule has 0 radical (unpaired) electrons. The number of rotatable bonds is 9. The molecule has 0 spiro atoms. The van der Waals surface area contributed by atoms with E-state index in [0.717, 1.165) is 12.1 Å². The number of ether oxygens (including phenoxy) is 1. The van der Waals surface area contributed by atoms with Crippen molar-refractivity contribution in [1.82, 2.24) is 9.62 Å². The van der Waals surface area contributed by atoms with Crippen LogP contribution in [0.2, 0.25) is 0 Å². The van der Waals surface area contributed by atoms with Crippen LogP contribution in [0.3, 0.4) is 0 Å². The molecule has 1 aromatic carbocycles. The van der Waals surface area contributed by atoms with E-state index in [0.29, 0.717) is 37.0 Å². The number of methoxy groups -OCH3 is 1. The molecule has 2 heterocycles. The topological polar surface area (TPSA) is 102 Å². The number of nitrogens with two attached hydrogens (primary N) is 1. The second-order valence-corrected chi connectivity index (χ2v) is 11.0. The number of alkyl halides is 2. The lowest BCUT2D eigenvalue weighted by Gasteiger charge is -2.41. The first-order valence-electron chi connectivity index (χ1n) is 11.5. The van der Waals surface area contributed by atoms with Gasteiger partial charge in [0.2, 0.25) is 15.9 Å². The average molecular weight is 510 g/mol. The van der Waals surface area contributed by atoms with Gasteiger partial charge in [-0.25, -0.2) is 8.42 Å². The van der Waals surface area contributed by atoms with Gasteiger partial charge in [0, 0.05) is 23.7 Å². The fraction of sp³-hybridized carbons (Fsp3) is 0.480. The maximum atomic E-state index is 15.9. The average Bonchev–Trinajstić information content (AvgIpc) is 3.08. The lowest BCUT2D eigenvalue weighted by Crippen LogP contribution is -2.60. The summed E-state index contributed by atoms with van der Waals surface area (Å²) in [5.74, 6) is -4.43. The van der Waals surface area contributed by atoms with Crippen LogP contribution in [0.15, 0.2) is 59.6 Å². The van der Waals surface area contributed by atoms with Crippen LogP contribution in [0.4, 0.5) is 8.78 Å². The van der Waals surface area contributed by atoms with Crippen LogP contribution in [-0.2, 0) is 20.7 Å². The molecule has 1 amide bonds. The van der Waals surface area contributed by atoms with Crippen molar-refractivity contribution >= 4 is 15.9 Å². The van der Waals surface area contributed by atoms with E-state index in [2.05, 4.69) is 6.58 Å². The summed E-state index contributed by atoms with van der Waals surface area (Å²) in [4.78, 5) is 14.8. The van der Waals surface area contributed by atoms with E-state index in [1.165, 1.54) is 37.1 Å². The van der Waals surface area contributed by atoms with Crippen LogP contribution in [-0.4, -0.2) is 50.5 Å². The molecule has 7 nitrogen and oxygen atoms in total. The highest BCUT2D eigenvalue weighted by atomic mass is 32.2. The molecule has 2 unspecified atom stereocenters. The second-order valence-electron chi connectivity index (χ2n) is 9.10. The Balaban J connectivity index is 2.01. The standard InChI is InChI=1S/C25H33F2N3O4S/c1-5-6-16(2)13-17(3)35(32,33)29-23(25(26,27)18-7-11-22(34-4)12-8-18)24(31)30-20-9-10-21(30)15-19(28)14-20/h5-8,11-13,19-21,23,29H,2,9-10,14-15,28H2,1,3-4H3/b6-5-,17-13+/t19?,20?,21?,23-/m1/s1. The number of hydrogen-bond acceptors (Lipinski definition) is 5. The SMILES string of the molecule is C=C(/C=C\C)/C=C(\C)S(=O)(=O)N[C@H](C(=O)N1C2CCC1CC(N)C2)C(F)(F)c1ccc(OC)cc1. The summed E-state index contributed by atoms with van der Waals surface area (Å²) >= 11 is 0. The third-order valence-corrected chi connectivity index (χ3v) is 8.09. The zero-order valence-corrected chi connectivity index (χ0v) is 21.0. The minimum atomic E-state index is -4.45. The van der Waals surface area contributed by atoms with Crippen LogP contribution >= 0.6 is 0 Å². The van der Waals surface area contributed by atoms with Crippen molar-refractivity contribution in [1.29, 1.82) is 0 Å². The Morgan fingerprint density at radius 1 is 1.26 bits per heavy atom. The van der Waals surface area contributed by atoms with Gasteiger partial charge in [0.05, 0.1) is 12.0 Å². The number of benzene rings is 1. The maximum absolute atomic E-state index is 15.9. The molecule has 2 fully saturated rings. The first-order valence-corrected chi connectivity index (χ1v) is 13.0. The molecular formula is C25H33F2N3O4S. The molecule has 0 aromatic heterocycles. The van der Waals surface area contributed by atoms with Gasteiger partial charge in [0.1, 0.15) is 5.75 Å². The van der Waals surface area contributed by atoms with Crippen molar-refractivity contribution in [2.24, 2.45) is 5.73 Å². The predicted molar refractivity (Wildman–Crippen MR) is 131 cm³/mol. The number of halogens is 2. The smallest absolute Gasteiger partial charge is 0.298 e. The fourth-order valence-corrected chi connectivity index (χ4v) is 5.89. The molecule has 1 aromatic rings. The van der Waals surface area contributed by atoms with E-state index in [1.807, 2.05) is 4.72 Å². The Labute approximate surface area is 205 Å². The maximum Gasteiger partial charge on any atom is 0.298 e. The van der Waals surface area contributed by atoms with Crippen LogP contribution in [0.5, 0.6) is 5.75 Å². The molecule has 2 saturated heterocycles. The second kappa shape index (κ2) is 10.6. The van der Waals surface area contributed by atoms with Gasteiger partial charge in [0.25, 0.3) is 5.92 Å². The molecule has 192 valence electrons. The largest absolute Gasteiger partial charge is 0.497 e. The van der Waals surface area contributed by atoms with Gasteiger partial charge in [-0.15, -0.1) is 0 Å². The Morgan fingerprint density at radius 2 is 1.83 bits per heavy atom. The molecule has 2 aliphatic heterocycles. The van der Waals surface area contributed by atoms with Crippen molar-refractivity contribution < 1.29 is 26.7 Å². The number of allylic oxidation sites excluding steroid dienone is 5. The first-order chi connectivity index (χ1) is 16.4. The highest BCUT2D eigenvalue weighted by molar-refractivity contribution is 7.93.